The van der Waals surface area contributed by atoms with Gasteiger partial charge >= 0.3 is 0 Å². The van der Waals surface area contributed by atoms with Crippen molar-refractivity contribution in [3.8, 4) is 11.8 Å². The maximum Gasteiger partial charge on any atom is 0.261 e. The maximum atomic E-state index is 11.5. The standard InChI is InChI=1S/C13H10N2O3/c14-12(17)10-7-9-6-8(2-1-5-16)3-4-11(9)15-13(10)18/h3-4,6-7,16H,5H2,(H2,14,17)(H,15,18). The topological polar surface area (TPSA) is 96.2 Å². The average molecular weight is 242 g/mol. The Balaban J connectivity index is 2.65. The highest BCUT2D eigenvalue weighted by Gasteiger charge is 2.07. The third-order valence-corrected chi connectivity index (χ3v) is 2.42. The molecule has 0 unspecified atom stereocenters. The number of hydrogen-bond donors (Lipinski definition) is 3. The summed E-state index contributed by atoms with van der Waals surface area (Å²) in [5.41, 5.74) is 5.78. The lowest BCUT2D eigenvalue weighted by atomic mass is 10.1. The van der Waals surface area contributed by atoms with Crippen LogP contribution in [0.2, 0.25) is 0 Å². The molecular weight excluding hydrogens is 232 g/mol. The second-order valence-corrected chi connectivity index (χ2v) is 3.64. The summed E-state index contributed by atoms with van der Waals surface area (Å²) in [4.78, 5) is 25.1. The van der Waals surface area contributed by atoms with E-state index in [2.05, 4.69) is 16.8 Å². The first-order valence-electron chi connectivity index (χ1n) is 5.18. The molecule has 0 aliphatic carbocycles. The molecule has 5 heteroatoms. The van der Waals surface area contributed by atoms with Crippen LogP contribution in [0, 0.1) is 11.8 Å². The van der Waals surface area contributed by atoms with Crippen LogP contribution in [-0.4, -0.2) is 22.6 Å². The maximum absolute atomic E-state index is 11.5. The van der Waals surface area contributed by atoms with E-state index in [4.69, 9.17) is 10.8 Å². The third kappa shape index (κ3) is 2.24. The lowest BCUT2D eigenvalue weighted by molar-refractivity contribution is 0.0999. The Hall–Kier alpha value is -2.58. The Labute approximate surface area is 102 Å². The van der Waals surface area contributed by atoms with Crippen LogP contribution >= 0.6 is 0 Å². The molecule has 0 saturated heterocycles. The number of carbonyl (C=O) groups is 1. The number of aromatic nitrogens is 1. The molecule has 90 valence electrons. The first kappa shape index (κ1) is 11.9. The number of benzene rings is 1. The molecular formula is C13H10N2O3. The largest absolute Gasteiger partial charge is 0.384 e. The van der Waals surface area contributed by atoms with Crippen molar-refractivity contribution in [1.82, 2.24) is 4.98 Å². The Bertz CT molecular complexity index is 735. The quantitative estimate of drug-likeness (QED) is 0.613. The van der Waals surface area contributed by atoms with Gasteiger partial charge in [0, 0.05) is 16.5 Å². The van der Waals surface area contributed by atoms with Gasteiger partial charge < -0.3 is 15.8 Å². The molecule has 4 N–H and O–H groups in total. The van der Waals surface area contributed by atoms with Gasteiger partial charge in [0.25, 0.3) is 11.5 Å². The number of amides is 1. The summed E-state index contributed by atoms with van der Waals surface area (Å²) < 4.78 is 0. The highest BCUT2D eigenvalue weighted by atomic mass is 16.2. The summed E-state index contributed by atoms with van der Waals surface area (Å²) >= 11 is 0. The Morgan fingerprint density at radius 3 is 2.83 bits per heavy atom. The molecule has 0 fully saturated rings. The highest BCUT2D eigenvalue weighted by Crippen LogP contribution is 2.13. The van der Waals surface area contributed by atoms with E-state index in [-0.39, 0.29) is 12.2 Å². The molecule has 0 atom stereocenters. The predicted molar refractivity (Wildman–Crippen MR) is 67.1 cm³/mol. The minimum absolute atomic E-state index is 0.0882. The lowest BCUT2D eigenvalue weighted by Gasteiger charge is -2.01. The van der Waals surface area contributed by atoms with E-state index in [0.717, 1.165) is 0 Å². The monoisotopic (exact) mass is 242 g/mol. The first-order chi connectivity index (χ1) is 8.61. The van der Waals surface area contributed by atoms with E-state index in [9.17, 15) is 9.59 Å². The number of aliphatic hydroxyl groups is 1. The number of carbonyl (C=O) groups excluding carboxylic acids is 1. The first-order valence-corrected chi connectivity index (χ1v) is 5.18. The molecule has 5 nitrogen and oxygen atoms in total. The van der Waals surface area contributed by atoms with Crippen LogP contribution in [0.15, 0.2) is 29.1 Å². The van der Waals surface area contributed by atoms with E-state index in [0.29, 0.717) is 16.5 Å². The smallest absolute Gasteiger partial charge is 0.261 e. The van der Waals surface area contributed by atoms with Gasteiger partial charge in [-0.1, -0.05) is 11.8 Å². The van der Waals surface area contributed by atoms with Gasteiger partial charge in [0.2, 0.25) is 0 Å². The fourth-order valence-electron chi connectivity index (χ4n) is 1.61. The Kier molecular flexibility index (Phi) is 3.13. The van der Waals surface area contributed by atoms with Gasteiger partial charge in [-0.2, -0.15) is 0 Å². The van der Waals surface area contributed by atoms with E-state index >= 15 is 0 Å². The highest BCUT2D eigenvalue weighted by molar-refractivity contribution is 5.96. The molecule has 0 spiro atoms. The summed E-state index contributed by atoms with van der Waals surface area (Å²) in [6, 6.07) is 6.54. The van der Waals surface area contributed by atoms with Crippen LogP contribution in [0.1, 0.15) is 15.9 Å². The van der Waals surface area contributed by atoms with Crippen molar-refractivity contribution >= 4 is 16.8 Å². The molecule has 0 aliphatic heterocycles. The number of fused-ring (bicyclic) bond motifs is 1. The van der Waals surface area contributed by atoms with Crippen LogP contribution in [0.5, 0.6) is 0 Å². The molecule has 2 rings (SSSR count). The molecule has 1 amide bonds. The molecule has 0 bridgehead atoms. The van der Waals surface area contributed by atoms with Gasteiger partial charge in [0.05, 0.1) is 0 Å². The minimum Gasteiger partial charge on any atom is -0.384 e. The van der Waals surface area contributed by atoms with E-state index in [1.165, 1.54) is 6.07 Å². The Morgan fingerprint density at radius 1 is 1.39 bits per heavy atom. The van der Waals surface area contributed by atoms with Crippen LogP contribution in [-0.2, 0) is 0 Å². The fourth-order valence-corrected chi connectivity index (χ4v) is 1.61. The molecule has 18 heavy (non-hydrogen) atoms. The van der Waals surface area contributed by atoms with Crippen LogP contribution in [0.4, 0.5) is 0 Å². The summed E-state index contributed by atoms with van der Waals surface area (Å²) in [6.45, 7) is -0.226. The number of nitrogens with one attached hydrogen (secondary N) is 1. The predicted octanol–water partition coefficient (Wildman–Crippen LogP) is -0.0292. The molecule has 2 aromatic rings. The molecule has 1 heterocycles. The van der Waals surface area contributed by atoms with Gasteiger partial charge in [-0.15, -0.1) is 0 Å². The normalized spacial score (nSPS) is 9.83. The summed E-state index contributed by atoms with van der Waals surface area (Å²) in [5, 5.41) is 9.27. The third-order valence-electron chi connectivity index (χ3n) is 2.42. The average Bonchev–Trinajstić information content (AvgIpc) is 2.35. The van der Waals surface area contributed by atoms with E-state index < -0.39 is 11.5 Å². The van der Waals surface area contributed by atoms with Crippen molar-refractivity contribution in [2.24, 2.45) is 5.73 Å². The fraction of sp³-hybridized carbons (Fsp3) is 0.0769. The zero-order chi connectivity index (χ0) is 13.1. The van der Waals surface area contributed by atoms with Crippen LogP contribution in [0.3, 0.4) is 0 Å². The number of hydrogen-bond acceptors (Lipinski definition) is 3. The molecule has 1 aromatic carbocycles. The van der Waals surface area contributed by atoms with Gasteiger partial charge in [-0.05, 0) is 24.3 Å². The Morgan fingerprint density at radius 2 is 2.17 bits per heavy atom. The zero-order valence-corrected chi connectivity index (χ0v) is 9.36. The molecule has 0 saturated carbocycles. The van der Waals surface area contributed by atoms with E-state index in [1.54, 1.807) is 18.2 Å². The number of nitrogens with two attached hydrogens (primary N) is 1. The van der Waals surface area contributed by atoms with Crippen LogP contribution < -0.4 is 11.3 Å². The second kappa shape index (κ2) is 4.73. The summed E-state index contributed by atoms with van der Waals surface area (Å²) in [5.74, 6) is 4.49. The molecule has 0 aliphatic rings. The number of primary amides is 1. The molecule has 0 radical (unpaired) electrons. The van der Waals surface area contributed by atoms with Crippen molar-refractivity contribution in [2.45, 2.75) is 0 Å². The van der Waals surface area contributed by atoms with Gasteiger partial charge in [-0.3, -0.25) is 9.59 Å². The zero-order valence-electron chi connectivity index (χ0n) is 9.36. The minimum atomic E-state index is -0.773. The van der Waals surface area contributed by atoms with Gasteiger partial charge in [0.1, 0.15) is 12.2 Å². The van der Waals surface area contributed by atoms with Crippen molar-refractivity contribution in [1.29, 1.82) is 0 Å². The van der Waals surface area contributed by atoms with Crippen molar-refractivity contribution in [2.75, 3.05) is 6.61 Å². The van der Waals surface area contributed by atoms with Crippen LogP contribution in [0.25, 0.3) is 10.9 Å². The number of aromatic amines is 1. The van der Waals surface area contributed by atoms with Gasteiger partial charge in [-0.25, -0.2) is 0 Å². The number of rotatable bonds is 1. The number of pyridine rings is 1. The lowest BCUT2D eigenvalue weighted by Crippen LogP contribution is -2.23. The van der Waals surface area contributed by atoms with Crippen molar-refractivity contribution in [3.05, 3.63) is 45.7 Å². The number of aliphatic hydroxyl groups excluding tert-OH is 1. The SMILES string of the molecule is NC(=O)c1cc2cc(C#CCO)ccc2[nH]c1=O. The number of H-pyrrole nitrogens is 1. The van der Waals surface area contributed by atoms with E-state index in [1.807, 2.05) is 0 Å². The van der Waals surface area contributed by atoms with Gasteiger partial charge in [0.15, 0.2) is 0 Å². The van der Waals surface area contributed by atoms with Crippen molar-refractivity contribution in [3.63, 3.8) is 0 Å². The second-order valence-electron chi connectivity index (χ2n) is 3.64. The van der Waals surface area contributed by atoms with Crippen molar-refractivity contribution < 1.29 is 9.90 Å². The summed E-state index contributed by atoms with van der Waals surface area (Å²) in [7, 11) is 0. The molecule has 1 aromatic heterocycles. The summed E-state index contributed by atoms with van der Waals surface area (Å²) in [6.07, 6.45) is 0.